The van der Waals surface area contributed by atoms with Crippen LogP contribution in [-0.4, -0.2) is 22.3 Å². The second kappa shape index (κ2) is 6.84. The Balaban J connectivity index is 2.13. The van der Waals surface area contributed by atoms with Crippen LogP contribution in [0.4, 0.5) is 5.69 Å². The van der Waals surface area contributed by atoms with E-state index in [-0.39, 0.29) is 5.91 Å². The monoisotopic (exact) mass is 362 g/mol. The van der Waals surface area contributed by atoms with E-state index in [1.807, 2.05) is 39.0 Å². The zero-order valence-electron chi connectivity index (χ0n) is 15.6. The highest BCUT2D eigenvalue weighted by molar-refractivity contribution is 8.06. The van der Waals surface area contributed by atoms with Crippen LogP contribution in [0.25, 0.3) is 0 Å². The molecule has 0 bridgehead atoms. The molecule has 136 valence electrons. The van der Waals surface area contributed by atoms with Gasteiger partial charge in [-0.2, -0.15) is 0 Å². The second-order valence-electron chi connectivity index (χ2n) is 7.55. The van der Waals surface area contributed by atoms with E-state index < -0.39 is 16.4 Å². The molecule has 0 saturated carbocycles. The highest BCUT2D eigenvalue weighted by Crippen LogP contribution is 2.44. The van der Waals surface area contributed by atoms with E-state index in [9.17, 15) is 9.59 Å². The number of hydrogen-bond donors (Lipinski definition) is 2. The maximum absolute atomic E-state index is 12.7. The van der Waals surface area contributed by atoms with Crippen LogP contribution in [0, 0.1) is 13.8 Å². The molecule has 25 heavy (non-hydrogen) atoms. The van der Waals surface area contributed by atoms with Crippen molar-refractivity contribution in [2.75, 3.05) is 5.32 Å². The van der Waals surface area contributed by atoms with Gasteiger partial charge in [-0.1, -0.05) is 35.0 Å². The van der Waals surface area contributed by atoms with E-state index in [0.717, 1.165) is 34.1 Å². The average Bonchev–Trinajstić information content (AvgIpc) is 2.77. The highest BCUT2D eigenvalue weighted by Gasteiger charge is 2.46. The molecule has 1 unspecified atom stereocenters. The van der Waals surface area contributed by atoms with Gasteiger partial charge in [0.25, 0.3) is 5.91 Å². The van der Waals surface area contributed by atoms with Crippen molar-refractivity contribution < 1.29 is 14.3 Å². The maximum atomic E-state index is 12.7. The molecule has 0 saturated heterocycles. The number of rotatable bonds is 3. The van der Waals surface area contributed by atoms with E-state index in [1.165, 1.54) is 0 Å². The Hall–Kier alpha value is -1.79. The van der Waals surface area contributed by atoms with E-state index in [1.54, 1.807) is 20.8 Å². The third-order valence-electron chi connectivity index (χ3n) is 3.78. The number of esters is 1. The fraction of sp³-hybridized carbons (Fsp3) is 0.474. The van der Waals surface area contributed by atoms with Gasteiger partial charge in [-0.05, 0) is 53.2 Å². The lowest BCUT2D eigenvalue weighted by molar-refractivity contribution is -0.157. The van der Waals surface area contributed by atoms with Crippen LogP contribution in [0.2, 0.25) is 0 Å². The molecule has 2 rings (SSSR count). The average molecular weight is 362 g/mol. The van der Waals surface area contributed by atoms with Crippen molar-refractivity contribution in [1.29, 1.82) is 0 Å². The Kier molecular flexibility index (Phi) is 5.35. The van der Waals surface area contributed by atoms with Crippen LogP contribution in [0.15, 0.2) is 28.7 Å². The van der Waals surface area contributed by atoms with Crippen LogP contribution in [0.3, 0.4) is 0 Å². The molecular formula is C19H26N2O3S. The first-order valence-electron chi connectivity index (χ1n) is 8.21. The molecule has 3 N–H and O–H groups in total. The topological polar surface area (TPSA) is 81.4 Å². The predicted octanol–water partition coefficient (Wildman–Crippen LogP) is 3.65. The molecule has 0 aromatic heterocycles. The Bertz CT molecular complexity index is 750. The van der Waals surface area contributed by atoms with Gasteiger partial charge in [-0.15, -0.1) is 0 Å². The van der Waals surface area contributed by atoms with Crippen molar-refractivity contribution in [3.8, 4) is 0 Å². The van der Waals surface area contributed by atoms with Crippen LogP contribution >= 0.6 is 11.8 Å². The second-order valence-corrected chi connectivity index (χ2v) is 8.89. The van der Waals surface area contributed by atoms with Crippen molar-refractivity contribution in [3.05, 3.63) is 39.8 Å². The summed E-state index contributed by atoms with van der Waals surface area (Å²) in [5.41, 5.74) is 9.28. The number of amides is 1. The summed E-state index contributed by atoms with van der Waals surface area (Å²) >= 11 is 1.08. The summed E-state index contributed by atoms with van der Waals surface area (Å²) < 4.78 is 5.41. The van der Waals surface area contributed by atoms with Gasteiger partial charge in [0.15, 0.2) is 4.87 Å². The number of aryl methyl sites for hydroxylation is 2. The number of anilines is 1. The minimum Gasteiger partial charge on any atom is -0.458 e. The van der Waals surface area contributed by atoms with Gasteiger partial charge in [0.05, 0.1) is 4.91 Å². The smallest absolute Gasteiger partial charge is 0.337 e. The van der Waals surface area contributed by atoms with Gasteiger partial charge < -0.3 is 15.8 Å². The van der Waals surface area contributed by atoms with E-state index >= 15 is 0 Å². The van der Waals surface area contributed by atoms with E-state index in [0.29, 0.717) is 11.3 Å². The number of nitrogens with two attached hydrogens (primary N) is 1. The van der Waals surface area contributed by atoms with Crippen LogP contribution in [0.5, 0.6) is 0 Å². The molecule has 0 spiro atoms. The minimum absolute atomic E-state index is 0.245. The van der Waals surface area contributed by atoms with Gasteiger partial charge in [0, 0.05) is 12.1 Å². The standard InChI is InChI=1S/C19H26N2O3S/c1-11-7-8-14(12(2)9-11)21-16(22)15-13(3)10-19(20,25-15)17(23)24-18(4,5)6/h7-9H,10,20H2,1-6H3,(H,21,22). The third-order valence-corrected chi connectivity index (χ3v) is 5.19. The number of benzene rings is 1. The van der Waals surface area contributed by atoms with E-state index in [2.05, 4.69) is 5.32 Å². The summed E-state index contributed by atoms with van der Waals surface area (Å²) in [6, 6.07) is 5.83. The largest absolute Gasteiger partial charge is 0.458 e. The van der Waals surface area contributed by atoms with Crippen molar-refractivity contribution in [2.45, 2.75) is 58.4 Å². The van der Waals surface area contributed by atoms with Crippen molar-refractivity contribution in [2.24, 2.45) is 5.73 Å². The SMILES string of the molecule is CC1=C(C(=O)Nc2ccc(C)cc2C)SC(N)(C(=O)OC(C)(C)C)C1. The van der Waals surface area contributed by atoms with Crippen LogP contribution in [-0.2, 0) is 14.3 Å². The summed E-state index contributed by atoms with van der Waals surface area (Å²) in [5, 5.41) is 2.91. The van der Waals surface area contributed by atoms with Crippen molar-refractivity contribution >= 4 is 29.3 Å². The number of hydrogen-bond acceptors (Lipinski definition) is 5. The Morgan fingerprint density at radius 2 is 1.88 bits per heavy atom. The summed E-state index contributed by atoms with van der Waals surface area (Å²) in [6.07, 6.45) is 0.294. The lowest BCUT2D eigenvalue weighted by Gasteiger charge is -2.27. The zero-order valence-corrected chi connectivity index (χ0v) is 16.5. The summed E-state index contributed by atoms with van der Waals surface area (Å²) in [6.45, 7) is 11.1. The quantitative estimate of drug-likeness (QED) is 0.802. The summed E-state index contributed by atoms with van der Waals surface area (Å²) in [7, 11) is 0. The molecule has 6 heteroatoms. The molecule has 1 aliphatic rings. The maximum Gasteiger partial charge on any atom is 0.337 e. The van der Waals surface area contributed by atoms with Gasteiger partial charge in [-0.3, -0.25) is 4.79 Å². The molecule has 0 fully saturated rings. The third kappa shape index (κ3) is 4.64. The fourth-order valence-corrected chi connectivity index (χ4v) is 3.80. The van der Waals surface area contributed by atoms with E-state index in [4.69, 9.17) is 10.5 Å². The first-order chi connectivity index (χ1) is 11.4. The molecule has 1 atom stereocenters. The molecule has 1 heterocycles. The number of thioether (sulfide) groups is 1. The molecule has 1 aliphatic heterocycles. The van der Waals surface area contributed by atoms with Gasteiger partial charge >= 0.3 is 5.97 Å². The molecule has 1 amide bonds. The number of nitrogens with one attached hydrogen (secondary N) is 1. The lowest BCUT2D eigenvalue weighted by Crippen LogP contribution is -2.47. The van der Waals surface area contributed by atoms with Crippen LogP contribution in [0.1, 0.15) is 45.2 Å². The first-order valence-corrected chi connectivity index (χ1v) is 9.03. The highest BCUT2D eigenvalue weighted by atomic mass is 32.2. The van der Waals surface area contributed by atoms with Gasteiger partial charge in [0.2, 0.25) is 0 Å². The summed E-state index contributed by atoms with van der Waals surface area (Å²) in [5.74, 6) is -0.746. The number of carbonyl (C=O) groups excluding carboxylic acids is 2. The molecule has 0 aliphatic carbocycles. The fourth-order valence-electron chi connectivity index (χ4n) is 2.63. The molecular weight excluding hydrogens is 336 g/mol. The molecule has 0 radical (unpaired) electrons. The molecule has 1 aromatic rings. The van der Waals surface area contributed by atoms with Crippen molar-refractivity contribution in [3.63, 3.8) is 0 Å². The first kappa shape index (κ1) is 19.5. The molecule has 1 aromatic carbocycles. The van der Waals surface area contributed by atoms with Crippen LogP contribution < -0.4 is 11.1 Å². The Morgan fingerprint density at radius 1 is 1.24 bits per heavy atom. The predicted molar refractivity (Wildman–Crippen MR) is 102 cm³/mol. The number of carbonyl (C=O) groups is 2. The Morgan fingerprint density at radius 3 is 2.44 bits per heavy atom. The van der Waals surface area contributed by atoms with Crippen molar-refractivity contribution in [1.82, 2.24) is 0 Å². The minimum atomic E-state index is -1.26. The van der Waals surface area contributed by atoms with Gasteiger partial charge in [-0.25, -0.2) is 4.79 Å². The summed E-state index contributed by atoms with van der Waals surface area (Å²) in [4.78, 5) is 24.3. The Labute approximate surface area is 153 Å². The normalized spacial score (nSPS) is 20.6. The lowest BCUT2D eigenvalue weighted by atomic mass is 10.1. The molecule has 5 nitrogen and oxygen atoms in total. The zero-order chi connectivity index (χ0) is 19.0. The van der Waals surface area contributed by atoms with Gasteiger partial charge in [0.1, 0.15) is 5.60 Å². The number of ether oxygens (including phenoxy) is 1.